The molecule has 0 saturated carbocycles. The van der Waals surface area contributed by atoms with Gasteiger partial charge < -0.3 is 4.74 Å². The smallest absolute Gasteiger partial charge is 0.267 e. The van der Waals surface area contributed by atoms with Crippen molar-refractivity contribution in [1.29, 1.82) is 0 Å². The molecule has 1 heterocycles. The van der Waals surface area contributed by atoms with Crippen molar-refractivity contribution >= 4 is 26.4 Å². The maximum absolute atomic E-state index is 12.3. The molecule has 1 aliphatic rings. The van der Waals surface area contributed by atoms with Crippen molar-refractivity contribution in [2.45, 2.75) is 0 Å². The van der Waals surface area contributed by atoms with Crippen molar-refractivity contribution < 1.29 is 17.9 Å². The van der Waals surface area contributed by atoms with Gasteiger partial charge in [0.15, 0.2) is 0 Å². The molecule has 0 radical (unpaired) electrons. The van der Waals surface area contributed by atoms with E-state index in [9.17, 15) is 13.2 Å². The van der Waals surface area contributed by atoms with Crippen molar-refractivity contribution in [1.82, 2.24) is 4.72 Å². The van der Waals surface area contributed by atoms with Gasteiger partial charge in [0.2, 0.25) is 0 Å². The molecule has 3 rings (SSSR count). The summed E-state index contributed by atoms with van der Waals surface area (Å²) in [4.78, 5) is 12.1. The van der Waals surface area contributed by atoms with Crippen molar-refractivity contribution in [3.05, 3.63) is 65.7 Å². The summed E-state index contributed by atoms with van der Waals surface area (Å²) >= 11 is 0. The quantitative estimate of drug-likeness (QED) is 0.940. The fourth-order valence-electron chi connectivity index (χ4n) is 2.37. The highest BCUT2D eigenvalue weighted by Gasteiger charge is 2.37. The molecule has 6 heteroatoms. The Labute approximate surface area is 128 Å². The molecule has 0 saturated heterocycles. The minimum absolute atomic E-state index is 0.00801. The number of nitrogens with one attached hydrogen (secondary N) is 1. The van der Waals surface area contributed by atoms with E-state index in [0.717, 1.165) is 0 Å². The van der Waals surface area contributed by atoms with Crippen LogP contribution in [-0.4, -0.2) is 21.4 Å². The number of hydrogen-bond acceptors (Lipinski definition) is 4. The summed E-state index contributed by atoms with van der Waals surface area (Å²) in [5.41, 5.74) is 1.16. The third-order valence-corrected chi connectivity index (χ3v) is 4.80. The van der Waals surface area contributed by atoms with Gasteiger partial charge in [0.1, 0.15) is 10.7 Å². The van der Waals surface area contributed by atoms with Crippen LogP contribution in [-0.2, 0) is 14.8 Å². The Balaban J connectivity index is 2.25. The third kappa shape index (κ3) is 2.37. The monoisotopic (exact) mass is 315 g/mol. The Kier molecular flexibility index (Phi) is 3.46. The average Bonchev–Trinajstić information content (AvgIpc) is 2.77. The van der Waals surface area contributed by atoms with Gasteiger partial charge >= 0.3 is 0 Å². The number of carbonyl (C=O) groups is 1. The molecule has 22 heavy (non-hydrogen) atoms. The second-order valence-electron chi connectivity index (χ2n) is 4.73. The van der Waals surface area contributed by atoms with E-state index < -0.39 is 15.9 Å². The molecule has 0 aliphatic carbocycles. The summed E-state index contributed by atoms with van der Waals surface area (Å²) in [7, 11) is -2.34. The Hall–Kier alpha value is -2.60. The molecule has 112 valence electrons. The largest absolute Gasteiger partial charge is 0.497 e. The van der Waals surface area contributed by atoms with Gasteiger partial charge in [-0.2, -0.15) is 0 Å². The van der Waals surface area contributed by atoms with Crippen LogP contribution >= 0.6 is 0 Å². The minimum Gasteiger partial charge on any atom is -0.497 e. The standard InChI is InChI=1S/C16H13NO4S/c1-21-13-9-7-12(8-10-13)15-14(11-5-3-2-4-6-11)16(18)17-22(15,19)20/h2-10H,1H3,(H,17,18). The zero-order valence-corrected chi connectivity index (χ0v) is 12.6. The van der Waals surface area contributed by atoms with E-state index in [1.54, 1.807) is 54.6 Å². The predicted octanol–water partition coefficient (Wildman–Crippen LogP) is 2.02. The van der Waals surface area contributed by atoms with Crippen LogP contribution in [0.3, 0.4) is 0 Å². The molecule has 1 N–H and O–H groups in total. The normalized spacial score (nSPS) is 16.5. The lowest BCUT2D eigenvalue weighted by Crippen LogP contribution is -2.23. The molecule has 1 aliphatic heterocycles. The van der Waals surface area contributed by atoms with Gasteiger partial charge in [0.05, 0.1) is 12.7 Å². The van der Waals surface area contributed by atoms with Crippen molar-refractivity contribution in [3.63, 3.8) is 0 Å². The molecule has 0 spiro atoms. The minimum atomic E-state index is -3.87. The Bertz CT molecular complexity index is 853. The topological polar surface area (TPSA) is 72.5 Å². The highest BCUT2D eigenvalue weighted by atomic mass is 32.2. The summed E-state index contributed by atoms with van der Waals surface area (Å²) in [6, 6.07) is 15.3. The molecule has 2 aromatic rings. The molecule has 5 nitrogen and oxygen atoms in total. The number of methoxy groups -OCH3 is 1. The summed E-state index contributed by atoms with van der Waals surface area (Å²) in [5.74, 6) is -0.00249. The highest BCUT2D eigenvalue weighted by Crippen LogP contribution is 2.35. The van der Waals surface area contributed by atoms with Crippen LogP contribution in [0.5, 0.6) is 5.75 Å². The number of benzene rings is 2. The fraction of sp³-hybridized carbons (Fsp3) is 0.0625. The lowest BCUT2D eigenvalue weighted by atomic mass is 10.0. The second kappa shape index (κ2) is 5.31. The van der Waals surface area contributed by atoms with E-state index in [0.29, 0.717) is 16.9 Å². The molecule has 0 unspecified atom stereocenters. The zero-order chi connectivity index (χ0) is 15.7. The van der Waals surface area contributed by atoms with E-state index in [4.69, 9.17) is 4.74 Å². The van der Waals surface area contributed by atoms with Crippen molar-refractivity contribution in [2.75, 3.05) is 7.11 Å². The van der Waals surface area contributed by atoms with E-state index in [1.165, 1.54) is 7.11 Å². The number of amides is 1. The summed E-state index contributed by atoms with van der Waals surface area (Å²) in [6.07, 6.45) is 0. The van der Waals surface area contributed by atoms with Crippen LogP contribution in [0, 0.1) is 0 Å². The molecule has 2 aromatic carbocycles. The molecule has 0 fully saturated rings. The Morgan fingerprint density at radius 1 is 0.909 bits per heavy atom. The van der Waals surface area contributed by atoms with Crippen LogP contribution in [0.1, 0.15) is 11.1 Å². The van der Waals surface area contributed by atoms with Gasteiger partial charge in [-0.15, -0.1) is 0 Å². The second-order valence-corrected chi connectivity index (χ2v) is 6.35. The van der Waals surface area contributed by atoms with Crippen LogP contribution in [0.25, 0.3) is 10.5 Å². The molecular weight excluding hydrogens is 302 g/mol. The zero-order valence-electron chi connectivity index (χ0n) is 11.7. The Morgan fingerprint density at radius 3 is 2.14 bits per heavy atom. The summed E-state index contributed by atoms with van der Waals surface area (Å²) in [6.45, 7) is 0. The first kappa shape index (κ1) is 14.3. The van der Waals surface area contributed by atoms with Gasteiger partial charge in [-0.25, -0.2) is 13.1 Å². The van der Waals surface area contributed by atoms with E-state index in [2.05, 4.69) is 0 Å². The first-order valence-electron chi connectivity index (χ1n) is 6.54. The van der Waals surface area contributed by atoms with Crippen LogP contribution < -0.4 is 9.46 Å². The van der Waals surface area contributed by atoms with Gasteiger partial charge in [-0.1, -0.05) is 30.3 Å². The van der Waals surface area contributed by atoms with Gasteiger partial charge in [-0.3, -0.25) is 4.79 Å². The maximum Gasteiger partial charge on any atom is 0.267 e. The molecular formula is C16H13NO4S. The van der Waals surface area contributed by atoms with Crippen LogP contribution in [0.4, 0.5) is 0 Å². The lowest BCUT2D eigenvalue weighted by Gasteiger charge is -2.06. The SMILES string of the molecule is COc1ccc(C2=C(c3ccccc3)C(=O)NS2(=O)=O)cc1. The maximum atomic E-state index is 12.3. The number of carbonyl (C=O) groups excluding carboxylic acids is 1. The molecule has 1 amide bonds. The Morgan fingerprint density at radius 2 is 1.55 bits per heavy atom. The van der Waals surface area contributed by atoms with Crippen LogP contribution in [0.15, 0.2) is 54.6 Å². The van der Waals surface area contributed by atoms with Gasteiger partial charge in [0, 0.05) is 0 Å². The van der Waals surface area contributed by atoms with Crippen LogP contribution in [0.2, 0.25) is 0 Å². The van der Waals surface area contributed by atoms with Crippen molar-refractivity contribution in [2.24, 2.45) is 0 Å². The molecule has 0 atom stereocenters. The first-order chi connectivity index (χ1) is 10.5. The third-order valence-electron chi connectivity index (χ3n) is 3.36. The molecule has 0 aromatic heterocycles. The fourth-order valence-corrected chi connectivity index (χ4v) is 3.74. The average molecular weight is 315 g/mol. The lowest BCUT2D eigenvalue weighted by molar-refractivity contribution is -0.113. The summed E-state index contributed by atoms with van der Waals surface area (Å²) in [5, 5.41) is 0. The van der Waals surface area contributed by atoms with Crippen molar-refractivity contribution in [3.8, 4) is 5.75 Å². The van der Waals surface area contributed by atoms with E-state index in [1.807, 2.05) is 4.72 Å². The van der Waals surface area contributed by atoms with Gasteiger partial charge in [-0.05, 0) is 35.4 Å². The number of sulfonamides is 1. The number of ether oxygens (including phenoxy) is 1. The summed E-state index contributed by atoms with van der Waals surface area (Å²) < 4.78 is 31.7. The number of hydrogen-bond donors (Lipinski definition) is 1. The first-order valence-corrected chi connectivity index (χ1v) is 8.02. The van der Waals surface area contributed by atoms with E-state index in [-0.39, 0.29) is 10.5 Å². The number of rotatable bonds is 3. The van der Waals surface area contributed by atoms with Gasteiger partial charge in [0.25, 0.3) is 15.9 Å². The highest BCUT2D eigenvalue weighted by molar-refractivity contribution is 8.00. The molecule has 0 bridgehead atoms. The van der Waals surface area contributed by atoms with E-state index >= 15 is 0 Å². The predicted molar refractivity (Wildman–Crippen MR) is 83.3 cm³/mol.